The lowest BCUT2D eigenvalue weighted by atomic mass is 9.87. The van der Waals surface area contributed by atoms with Crippen LogP contribution in [-0.2, 0) is 0 Å². The fraction of sp³-hybridized carbons (Fsp3) is 0.762. The Kier molecular flexibility index (Phi) is 6.68. The molecule has 6 heteroatoms. The molecule has 150 valence electrons. The van der Waals surface area contributed by atoms with Crippen molar-refractivity contribution >= 4 is 11.9 Å². The van der Waals surface area contributed by atoms with Crippen LogP contribution in [-0.4, -0.2) is 47.2 Å². The lowest BCUT2D eigenvalue weighted by molar-refractivity contribution is 0.0875. The van der Waals surface area contributed by atoms with Crippen LogP contribution >= 0.6 is 0 Å². The van der Waals surface area contributed by atoms with Crippen molar-refractivity contribution < 1.29 is 9.90 Å². The van der Waals surface area contributed by atoms with E-state index < -0.39 is 0 Å². The van der Waals surface area contributed by atoms with E-state index in [0.717, 1.165) is 57.3 Å². The quantitative estimate of drug-likeness (QED) is 0.799. The second-order valence-corrected chi connectivity index (χ2v) is 8.58. The first kappa shape index (κ1) is 20.1. The molecule has 27 heavy (non-hydrogen) atoms. The van der Waals surface area contributed by atoms with Gasteiger partial charge in [0.05, 0.1) is 6.61 Å². The molecule has 1 saturated heterocycles. The van der Waals surface area contributed by atoms with Gasteiger partial charge in [0.25, 0.3) is 5.91 Å². The zero-order valence-electron chi connectivity index (χ0n) is 16.8. The van der Waals surface area contributed by atoms with Crippen molar-refractivity contribution in [3.05, 3.63) is 17.5 Å². The van der Waals surface area contributed by atoms with Crippen LogP contribution in [0.2, 0.25) is 0 Å². The standard InChI is InChI=1S/C21H34N4O2/c1-16(2)17-13-18(19(27)22-14-21(15-26)9-5-6-10-21)24-20(23-17)25-11-7-3-4-8-12-25/h13,16,26H,3-12,14-15H2,1-2H3,(H,22,27). The van der Waals surface area contributed by atoms with Gasteiger partial charge in [0, 0.05) is 30.7 Å². The molecule has 0 unspecified atom stereocenters. The summed E-state index contributed by atoms with van der Waals surface area (Å²) in [5.74, 6) is 0.768. The van der Waals surface area contributed by atoms with Crippen LogP contribution in [0, 0.1) is 5.41 Å². The van der Waals surface area contributed by atoms with Crippen LogP contribution in [0.4, 0.5) is 5.95 Å². The van der Waals surface area contributed by atoms with E-state index in [9.17, 15) is 9.90 Å². The van der Waals surface area contributed by atoms with Crippen molar-refractivity contribution in [2.24, 2.45) is 5.41 Å². The molecule has 2 aliphatic rings. The van der Waals surface area contributed by atoms with E-state index >= 15 is 0 Å². The first-order valence-corrected chi connectivity index (χ1v) is 10.6. The largest absolute Gasteiger partial charge is 0.396 e. The van der Waals surface area contributed by atoms with Crippen molar-refractivity contribution in [3.8, 4) is 0 Å². The molecule has 0 atom stereocenters. The number of carbonyl (C=O) groups is 1. The summed E-state index contributed by atoms with van der Waals surface area (Å²) in [5.41, 5.74) is 1.20. The Morgan fingerprint density at radius 3 is 2.41 bits per heavy atom. The van der Waals surface area contributed by atoms with Gasteiger partial charge in [0.1, 0.15) is 5.69 Å². The first-order valence-electron chi connectivity index (χ1n) is 10.6. The fourth-order valence-corrected chi connectivity index (χ4v) is 4.15. The van der Waals surface area contributed by atoms with Crippen molar-refractivity contribution in [2.45, 2.75) is 71.1 Å². The first-order chi connectivity index (χ1) is 13.0. The second-order valence-electron chi connectivity index (χ2n) is 8.58. The van der Waals surface area contributed by atoms with Crippen LogP contribution < -0.4 is 10.2 Å². The number of hydrogen-bond acceptors (Lipinski definition) is 5. The topological polar surface area (TPSA) is 78.3 Å². The van der Waals surface area contributed by atoms with Gasteiger partial charge in [-0.15, -0.1) is 0 Å². The third kappa shape index (κ3) is 4.98. The summed E-state index contributed by atoms with van der Waals surface area (Å²) in [4.78, 5) is 24.4. The molecule has 1 saturated carbocycles. The molecule has 1 aromatic rings. The molecule has 2 fully saturated rings. The lowest BCUT2D eigenvalue weighted by Crippen LogP contribution is -2.39. The molecule has 1 aliphatic carbocycles. The number of aromatic nitrogens is 2. The van der Waals surface area contributed by atoms with Crippen LogP contribution in [0.3, 0.4) is 0 Å². The van der Waals surface area contributed by atoms with Crippen molar-refractivity contribution in [2.75, 3.05) is 31.1 Å². The van der Waals surface area contributed by atoms with Gasteiger partial charge in [0.15, 0.2) is 0 Å². The Bertz CT molecular complexity index is 633. The summed E-state index contributed by atoms with van der Waals surface area (Å²) < 4.78 is 0. The minimum absolute atomic E-state index is 0.132. The van der Waals surface area contributed by atoms with Crippen molar-refractivity contribution in [1.82, 2.24) is 15.3 Å². The number of rotatable bonds is 6. The van der Waals surface area contributed by atoms with Crippen LogP contribution in [0.5, 0.6) is 0 Å². The Morgan fingerprint density at radius 2 is 1.81 bits per heavy atom. The number of nitrogens with one attached hydrogen (secondary N) is 1. The molecule has 0 bridgehead atoms. The molecule has 0 radical (unpaired) electrons. The summed E-state index contributed by atoms with van der Waals surface area (Å²) in [7, 11) is 0. The molecule has 2 N–H and O–H groups in total. The molecule has 2 heterocycles. The molecule has 0 aromatic carbocycles. The lowest BCUT2D eigenvalue weighted by Gasteiger charge is -2.26. The van der Waals surface area contributed by atoms with E-state index in [1.54, 1.807) is 0 Å². The number of amides is 1. The van der Waals surface area contributed by atoms with Gasteiger partial charge in [0.2, 0.25) is 5.95 Å². The highest BCUT2D eigenvalue weighted by Gasteiger charge is 2.33. The highest BCUT2D eigenvalue weighted by Crippen LogP contribution is 2.37. The summed E-state index contributed by atoms with van der Waals surface area (Å²) >= 11 is 0. The number of aliphatic hydroxyl groups is 1. The molecule has 0 spiro atoms. The van der Waals surface area contributed by atoms with Gasteiger partial charge in [-0.1, -0.05) is 39.5 Å². The summed E-state index contributed by atoms with van der Waals surface area (Å²) in [6, 6.07) is 1.82. The number of nitrogens with zero attached hydrogens (tertiary/aromatic N) is 3. The van der Waals surface area contributed by atoms with Gasteiger partial charge in [-0.05, 0) is 37.7 Å². The zero-order chi connectivity index (χ0) is 19.3. The predicted molar refractivity (Wildman–Crippen MR) is 107 cm³/mol. The molecule has 1 amide bonds. The smallest absolute Gasteiger partial charge is 0.270 e. The van der Waals surface area contributed by atoms with Crippen LogP contribution in [0.25, 0.3) is 0 Å². The van der Waals surface area contributed by atoms with E-state index in [0.29, 0.717) is 18.2 Å². The maximum Gasteiger partial charge on any atom is 0.270 e. The number of anilines is 1. The van der Waals surface area contributed by atoms with Gasteiger partial charge in [-0.3, -0.25) is 4.79 Å². The van der Waals surface area contributed by atoms with Gasteiger partial charge in [-0.25, -0.2) is 9.97 Å². The van der Waals surface area contributed by atoms with Crippen LogP contribution in [0.1, 0.15) is 87.3 Å². The van der Waals surface area contributed by atoms with E-state index in [4.69, 9.17) is 4.98 Å². The maximum atomic E-state index is 12.8. The SMILES string of the molecule is CC(C)c1cc(C(=O)NCC2(CO)CCCC2)nc(N2CCCCCC2)n1. The van der Waals surface area contributed by atoms with Gasteiger partial charge < -0.3 is 15.3 Å². The zero-order valence-corrected chi connectivity index (χ0v) is 16.8. The third-order valence-electron chi connectivity index (χ3n) is 6.07. The van der Waals surface area contributed by atoms with Crippen LogP contribution in [0.15, 0.2) is 6.07 Å². The molecule has 3 rings (SSSR count). The Labute approximate surface area is 162 Å². The van der Waals surface area contributed by atoms with E-state index in [2.05, 4.69) is 29.0 Å². The Hall–Kier alpha value is -1.69. The number of hydrogen-bond donors (Lipinski definition) is 2. The third-order valence-corrected chi connectivity index (χ3v) is 6.07. The Balaban J connectivity index is 1.77. The highest BCUT2D eigenvalue weighted by molar-refractivity contribution is 5.92. The molecular weight excluding hydrogens is 340 g/mol. The van der Waals surface area contributed by atoms with E-state index in [1.807, 2.05) is 6.07 Å². The number of aliphatic hydroxyl groups excluding tert-OH is 1. The molecular formula is C21H34N4O2. The van der Waals surface area contributed by atoms with Crippen molar-refractivity contribution in [3.63, 3.8) is 0 Å². The van der Waals surface area contributed by atoms with Crippen molar-refractivity contribution in [1.29, 1.82) is 0 Å². The van der Waals surface area contributed by atoms with Gasteiger partial charge >= 0.3 is 0 Å². The predicted octanol–water partition coefficient (Wildman–Crippen LogP) is 3.26. The minimum atomic E-state index is -0.157. The second kappa shape index (κ2) is 9.00. The summed E-state index contributed by atoms with van der Waals surface area (Å²) in [6.07, 6.45) is 8.99. The van der Waals surface area contributed by atoms with Gasteiger partial charge in [-0.2, -0.15) is 0 Å². The molecule has 1 aliphatic heterocycles. The fourth-order valence-electron chi connectivity index (χ4n) is 4.15. The summed E-state index contributed by atoms with van der Waals surface area (Å²) in [6.45, 7) is 6.74. The average molecular weight is 375 g/mol. The Morgan fingerprint density at radius 1 is 1.15 bits per heavy atom. The highest BCUT2D eigenvalue weighted by atomic mass is 16.3. The number of carbonyl (C=O) groups excluding carboxylic acids is 1. The maximum absolute atomic E-state index is 12.8. The van der Waals surface area contributed by atoms with E-state index in [-0.39, 0.29) is 23.8 Å². The summed E-state index contributed by atoms with van der Waals surface area (Å²) in [5, 5.41) is 12.8. The minimum Gasteiger partial charge on any atom is -0.396 e. The monoisotopic (exact) mass is 374 g/mol. The normalized spacial score (nSPS) is 19.9. The molecule has 6 nitrogen and oxygen atoms in total. The molecule has 1 aromatic heterocycles. The van der Waals surface area contributed by atoms with E-state index in [1.165, 1.54) is 12.8 Å². The average Bonchev–Trinajstić information content (AvgIpc) is 2.99.